The molecule has 148 valence electrons. The summed E-state index contributed by atoms with van der Waals surface area (Å²) in [6, 6.07) is 12.9. The summed E-state index contributed by atoms with van der Waals surface area (Å²) in [5, 5.41) is 5.27. The molecular weight excluding hydrogens is 356 g/mol. The first-order valence-electron chi connectivity index (χ1n) is 9.07. The number of anilines is 1. The Morgan fingerprint density at radius 1 is 0.929 bits per heavy atom. The molecule has 2 rings (SSSR count). The van der Waals surface area contributed by atoms with E-state index in [9.17, 15) is 14.4 Å². The highest BCUT2D eigenvalue weighted by molar-refractivity contribution is 5.97. The van der Waals surface area contributed by atoms with E-state index in [1.807, 2.05) is 12.1 Å². The van der Waals surface area contributed by atoms with Gasteiger partial charge in [-0.05, 0) is 54.3 Å². The highest BCUT2D eigenvalue weighted by atomic mass is 16.5. The summed E-state index contributed by atoms with van der Waals surface area (Å²) in [6.45, 7) is 9.28. The van der Waals surface area contributed by atoms with Crippen LogP contribution in [0.5, 0.6) is 5.75 Å². The van der Waals surface area contributed by atoms with Crippen molar-refractivity contribution in [2.45, 2.75) is 46.1 Å². The smallest absolute Gasteiger partial charge is 0.333 e. The van der Waals surface area contributed by atoms with Crippen LogP contribution in [0.1, 0.15) is 50.5 Å². The predicted molar refractivity (Wildman–Crippen MR) is 108 cm³/mol. The quantitative estimate of drug-likeness (QED) is 0.610. The van der Waals surface area contributed by atoms with E-state index in [0.717, 1.165) is 5.56 Å². The Kier molecular flexibility index (Phi) is 6.57. The maximum Gasteiger partial charge on any atom is 0.333 e. The Labute approximate surface area is 165 Å². The van der Waals surface area contributed by atoms with Crippen molar-refractivity contribution in [3.63, 3.8) is 0 Å². The van der Waals surface area contributed by atoms with Crippen molar-refractivity contribution in [3.8, 4) is 5.75 Å². The van der Waals surface area contributed by atoms with Crippen molar-refractivity contribution in [2.75, 3.05) is 5.32 Å². The first-order chi connectivity index (χ1) is 13.1. The van der Waals surface area contributed by atoms with Crippen LogP contribution in [0.3, 0.4) is 0 Å². The molecule has 0 heterocycles. The molecule has 0 fully saturated rings. The molecular formula is C22H26N2O4. The standard InChI is InChI=1S/C22H26N2O4/c1-14(21(27)28-19-12-10-18(11-13-19)24-15(2)25)23-20(26)16-6-8-17(9-7-16)22(3,4)5/h6-14H,1-5H3,(H,23,26)(H,24,25). The van der Waals surface area contributed by atoms with Gasteiger partial charge in [-0.2, -0.15) is 0 Å². The van der Waals surface area contributed by atoms with E-state index in [0.29, 0.717) is 17.0 Å². The molecule has 0 aliphatic rings. The number of rotatable bonds is 5. The molecule has 0 aliphatic carbocycles. The van der Waals surface area contributed by atoms with Gasteiger partial charge in [0.05, 0.1) is 0 Å². The van der Waals surface area contributed by atoms with Gasteiger partial charge < -0.3 is 15.4 Å². The highest BCUT2D eigenvalue weighted by Gasteiger charge is 2.20. The molecule has 2 amide bonds. The Morgan fingerprint density at radius 2 is 1.50 bits per heavy atom. The van der Waals surface area contributed by atoms with Gasteiger partial charge in [0.15, 0.2) is 0 Å². The third-order valence-corrected chi connectivity index (χ3v) is 4.11. The van der Waals surface area contributed by atoms with E-state index in [2.05, 4.69) is 31.4 Å². The fraction of sp³-hybridized carbons (Fsp3) is 0.318. The molecule has 28 heavy (non-hydrogen) atoms. The highest BCUT2D eigenvalue weighted by Crippen LogP contribution is 2.22. The minimum absolute atomic E-state index is 0.00158. The lowest BCUT2D eigenvalue weighted by molar-refractivity contribution is -0.136. The zero-order valence-corrected chi connectivity index (χ0v) is 16.8. The Morgan fingerprint density at radius 3 is 2.00 bits per heavy atom. The van der Waals surface area contributed by atoms with E-state index >= 15 is 0 Å². The number of hydrogen-bond acceptors (Lipinski definition) is 4. The summed E-state index contributed by atoms with van der Waals surface area (Å²) in [5.74, 6) is -0.774. The number of carbonyl (C=O) groups excluding carboxylic acids is 3. The Hall–Kier alpha value is -3.15. The molecule has 6 heteroatoms. The minimum atomic E-state index is -0.815. The first kappa shape index (κ1) is 21.2. The van der Waals surface area contributed by atoms with Crippen LogP contribution in [0.15, 0.2) is 48.5 Å². The molecule has 0 spiro atoms. The molecule has 0 bridgehead atoms. The Bertz CT molecular complexity index is 850. The molecule has 2 aromatic carbocycles. The van der Waals surface area contributed by atoms with E-state index in [1.165, 1.54) is 6.92 Å². The van der Waals surface area contributed by atoms with Crippen LogP contribution in [0.2, 0.25) is 0 Å². The van der Waals surface area contributed by atoms with Crippen LogP contribution in [0.25, 0.3) is 0 Å². The first-order valence-corrected chi connectivity index (χ1v) is 9.07. The lowest BCUT2D eigenvalue weighted by atomic mass is 9.86. The molecule has 1 atom stereocenters. The van der Waals surface area contributed by atoms with Gasteiger partial charge in [-0.3, -0.25) is 9.59 Å². The molecule has 0 saturated heterocycles. The molecule has 0 aliphatic heterocycles. The second-order valence-electron chi connectivity index (χ2n) is 7.65. The van der Waals surface area contributed by atoms with E-state index in [4.69, 9.17) is 4.74 Å². The van der Waals surface area contributed by atoms with E-state index in [-0.39, 0.29) is 17.2 Å². The average molecular weight is 382 g/mol. The molecule has 0 aromatic heterocycles. The summed E-state index contributed by atoms with van der Waals surface area (Å²) in [4.78, 5) is 35.6. The van der Waals surface area contributed by atoms with Gasteiger partial charge in [0, 0.05) is 18.2 Å². The summed E-state index contributed by atoms with van der Waals surface area (Å²) >= 11 is 0. The lowest BCUT2D eigenvalue weighted by Gasteiger charge is -2.19. The van der Waals surface area contributed by atoms with E-state index in [1.54, 1.807) is 43.3 Å². The molecule has 2 N–H and O–H groups in total. The fourth-order valence-corrected chi connectivity index (χ4v) is 2.47. The number of carbonyl (C=O) groups is 3. The number of ether oxygens (including phenoxy) is 1. The van der Waals surface area contributed by atoms with Crippen molar-refractivity contribution in [3.05, 3.63) is 59.7 Å². The summed E-state index contributed by atoms with van der Waals surface area (Å²) < 4.78 is 5.27. The zero-order valence-electron chi connectivity index (χ0n) is 16.8. The van der Waals surface area contributed by atoms with Crippen LogP contribution in [-0.2, 0) is 15.0 Å². The van der Waals surface area contributed by atoms with Gasteiger partial charge in [-0.15, -0.1) is 0 Å². The number of benzene rings is 2. The predicted octanol–water partition coefficient (Wildman–Crippen LogP) is 3.67. The van der Waals surface area contributed by atoms with Crippen molar-refractivity contribution in [2.24, 2.45) is 0 Å². The van der Waals surface area contributed by atoms with Gasteiger partial charge in [-0.25, -0.2) is 4.79 Å². The monoisotopic (exact) mass is 382 g/mol. The number of amides is 2. The van der Waals surface area contributed by atoms with Crippen LogP contribution in [0, 0.1) is 0 Å². The maximum atomic E-state index is 12.4. The van der Waals surface area contributed by atoms with Crippen molar-refractivity contribution < 1.29 is 19.1 Å². The lowest BCUT2D eigenvalue weighted by Crippen LogP contribution is -2.40. The van der Waals surface area contributed by atoms with Gasteiger partial charge in [0.2, 0.25) is 5.91 Å². The molecule has 0 radical (unpaired) electrons. The molecule has 2 aromatic rings. The van der Waals surface area contributed by atoms with Crippen LogP contribution >= 0.6 is 0 Å². The second kappa shape index (κ2) is 8.69. The fourth-order valence-electron chi connectivity index (χ4n) is 2.47. The molecule has 6 nitrogen and oxygen atoms in total. The third kappa shape index (κ3) is 5.94. The van der Waals surface area contributed by atoms with E-state index < -0.39 is 12.0 Å². The topological polar surface area (TPSA) is 84.5 Å². The van der Waals surface area contributed by atoms with Gasteiger partial charge >= 0.3 is 5.97 Å². The van der Waals surface area contributed by atoms with Crippen LogP contribution in [0.4, 0.5) is 5.69 Å². The largest absolute Gasteiger partial charge is 0.425 e. The third-order valence-electron chi connectivity index (χ3n) is 4.11. The summed E-state index contributed by atoms with van der Waals surface area (Å²) in [6.07, 6.45) is 0. The Balaban J connectivity index is 1.94. The number of nitrogens with one attached hydrogen (secondary N) is 2. The maximum absolute atomic E-state index is 12.4. The SMILES string of the molecule is CC(=O)Nc1ccc(OC(=O)C(C)NC(=O)c2ccc(C(C)(C)C)cc2)cc1. The van der Waals surface area contributed by atoms with Gasteiger partial charge in [-0.1, -0.05) is 32.9 Å². The summed E-state index contributed by atoms with van der Waals surface area (Å²) in [7, 11) is 0. The number of hydrogen-bond donors (Lipinski definition) is 2. The minimum Gasteiger partial charge on any atom is -0.425 e. The van der Waals surface area contributed by atoms with Gasteiger partial charge in [0.25, 0.3) is 5.91 Å². The van der Waals surface area contributed by atoms with Crippen LogP contribution in [-0.4, -0.2) is 23.8 Å². The molecule has 0 saturated carbocycles. The van der Waals surface area contributed by atoms with Crippen molar-refractivity contribution >= 4 is 23.5 Å². The van der Waals surface area contributed by atoms with Crippen molar-refractivity contribution in [1.82, 2.24) is 5.32 Å². The van der Waals surface area contributed by atoms with Crippen LogP contribution < -0.4 is 15.4 Å². The second-order valence-corrected chi connectivity index (χ2v) is 7.65. The summed E-state index contributed by atoms with van der Waals surface area (Å²) in [5.41, 5.74) is 2.21. The molecule has 1 unspecified atom stereocenters. The average Bonchev–Trinajstić information content (AvgIpc) is 2.62. The van der Waals surface area contributed by atoms with Gasteiger partial charge in [0.1, 0.15) is 11.8 Å². The van der Waals surface area contributed by atoms with Crippen molar-refractivity contribution in [1.29, 1.82) is 0 Å². The number of esters is 1. The normalized spacial score (nSPS) is 12.0. The zero-order chi connectivity index (χ0) is 20.9.